The topological polar surface area (TPSA) is 58.6 Å². The van der Waals surface area contributed by atoms with Crippen LogP contribution in [0.1, 0.15) is 12.0 Å². The molecule has 0 aliphatic carbocycles. The lowest BCUT2D eigenvalue weighted by atomic mass is 10.1. The maximum Gasteiger partial charge on any atom is 0.224 e. The van der Waals surface area contributed by atoms with Gasteiger partial charge in [-0.1, -0.05) is 18.2 Å². The van der Waals surface area contributed by atoms with E-state index in [1.165, 1.54) is 13.2 Å². The molecule has 1 aromatic carbocycles. The van der Waals surface area contributed by atoms with E-state index in [4.69, 9.17) is 9.84 Å². The molecule has 1 unspecified atom stereocenters. The molecule has 5 heteroatoms. The number of aliphatic hydroxyl groups is 1. The molecule has 1 rings (SSSR count). The minimum Gasteiger partial charge on any atom is -0.396 e. The van der Waals surface area contributed by atoms with Gasteiger partial charge < -0.3 is 15.2 Å². The summed E-state index contributed by atoms with van der Waals surface area (Å²) >= 11 is 0. The van der Waals surface area contributed by atoms with Crippen molar-refractivity contribution in [1.82, 2.24) is 5.32 Å². The fraction of sp³-hybridized carbons (Fsp3) is 0.462. The number of methoxy groups -OCH3 is 1. The summed E-state index contributed by atoms with van der Waals surface area (Å²) in [4.78, 5) is 11.7. The predicted molar refractivity (Wildman–Crippen MR) is 65.6 cm³/mol. The van der Waals surface area contributed by atoms with E-state index in [1.54, 1.807) is 18.2 Å². The van der Waals surface area contributed by atoms with Crippen LogP contribution in [0.25, 0.3) is 0 Å². The lowest BCUT2D eigenvalue weighted by molar-refractivity contribution is -0.121. The van der Waals surface area contributed by atoms with Crippen LogP contribution in [-0.4, -0.2) is 37.4 Å². The molecular formula is C13H18FNO3. The fourth-order valence-corrected chi connectivity index (χ4v) is 1.65. The van der Waals surface area contributed by atoms with Crippen molar-refractivity contribution < 1.29 is 19.0 Å². The van der Waals surface area contributed by atoms with E-state index in [9.17, 15) is 9.18 Å². The Balaban J connectivity index is 2.52. The SMILES string of the molecule is COCC(CCO)NC(=O)Cc1ccccc1F. The predicted octanol–water partition coefficient (Wildman–Crippen LogP) is 0.882. The van der Waals surface area contributed by atoms with Gasteiger partial charge >= 0.3 is 0 Å². The first-order valence-corrected chi connectivity index (χ1v) is 5.80. The second-order valence-electron chi connectivity index (χ2n) is 4.00. The Morgan fingerprint density at radius 2 is 2.22 bits per heavy atom. The van der Waals surface area contributed by atoms with Crippen molar-refractivity contribution in [2.24, 2.45) is 0 Å². The molecule has 0 spiro atoms. The van der Waals surface area contributed by atoms with Crippen LogP contribution in [0, 0.1) is 5.82 Å². The molecule has 0 aliphatic rings. The van der Waals surface area contributed by atoms with Crippen molar-refractivity contribution in [1.29, 1.82) is 0 Å². The number of rotatable bonds is 7. The molecule has 1 amide bonds. The van der Waals surface area contributed by atoms with Crippen LogP contribution in [-0.2, 0) is 16.0 Å². The Morgan fingerprint density at radius 3 is 2.83 bits per heavy atom. The highest BCUT2D eigenvalue weighted by molar-refractivity contribution is 5.78. The van der Waals surface area contributed by atoms with Crippen LogP contribution < -0.4 is 5.32 Å². The summed E-state index contributed by atoms with van der Waals surface area (Å²) in [7, 11) is 1.52. The van der Waals surface area contributed by atoms with Gasteiger partial charge in [0.2, 0.25) is 5.91 Å². The highest BCUT2D eigenvalue weighted by Crippen LogP contribution is 2.07. The lowest BCUT2D eigenvalue weighted by Gasteiger charge is -2.16. The number of hydrogen-bond donors (Lipinski definition) is 2. The molecule has 1 atom stereocenters. The third-order valence-corrected chi connectivity index (χ3v) is 2.52. The molecule has 100 valence electrons. The third kappa shape index (κ3) is 4.81. The monoisotopic (exact) mass is 255 g/mol. The summed E-state index contributed by atoms with van der Waals surface area (Å²) in [5, 5.41) is 11.5. The van der Waals surface area contributed by atoms with Gasteiger partial charge in [0, 0.05) is 13.7 Å². The van der Waals surface area contributed by atoms with Gasteiger partial charge in [-0.25, -0.2) is 4.39 Å². The highest BCUT2D eigenvalue weighted by Gasteiger charge is 2.13. The van der Waals surface area contributed by atoms with Gasteiger partial charge in [0.05, 0.1) is 19.1 Å². The second kappa shape index (κ2) is 7.79. The summed E-state index contributed by atoms with van der Waals surface area (Å²) in [6, 6.07) is 5.91. The molecule has 0 heterocycles. The van der Waals surface area contributed by atoms with E-state index in [2.05, 4.69) is 5.32 Å². The lowest BCUT2D eigenvalue weighted by Crippen LogP contribution is -2.39. The summed E-state index contributed by atoms with van der Waals surface area (Å²) in [5.41, 5.74) is 0.357. The third-order valence-electron chi connectivity index (χ3n) is 2.52. The van der Waals surface area contributed by atoms with E-state index in [0.717, 1.165) is 0 Å². The van der Waals surface area contributed by atoms with Crippen LogP contribution >= 0.6 is 0 Å². The summed E-state index contributed by atoms with van der Waals surface area (Å²) < 4.78 is 18.3. The summed E-state index contributed by atoms with van der Waals surface area (Å²) in [5.74, 6) is -0.673. The summed E-state index contributed by atoms with van der Waals surface area (Å²) in [6.45, 7) is 0.289. The van der Waals surface area contributed by atoms with Crippen LogP contribution in [0.4, 0.5) is 4.39 Å². The fourth-order valence-electron chi connectivity index (χ4n) is 1.65. The number of halogens is 1. The first-order chi connectivity index (χ1) is 8.67. The average molecular weight is 255 g/mol. The number of benzene rings is 1. The van der Waals surface area contributed by atoms with Crippen molar-refractivity contribution in [3.05, 3.63) is 35.6 Å². The van der Waals surface area contributed by atoms with Gasteiger partial charge in [0.15, 0.2) is 0 Å². The van der Waals surface area contributed by atoms with Crippen LogP contribution in [0.2, 0.25) is 0 Å². The zero-order chi connectivity index (χ0) is 13.4. The molecule has 0 fully saturated rings. The Kier molecular flexibility index (Phi) is 6.32. The smallest absolute Gasteiger partial charge is 0.224 e. The highest BCUT2D eigenvalue weighted by atomic mass is 19.1. The van der Waals surface area contributed by atoms with Gasteiger partial charge in [0.1, 0.15) is 5.82 Å². The van der Waals surface area contributed by atoms with Crippen molar-refractivity contribution in [3.63, 3.8) is 0 Å². The Bertz CT molecular complexity index is 378. The normalized spacial score (nSPS) is 12.2. The number of hydrogen-bond acceptors (Lipinski definition) is 3. The molecule has 0 saturated heterocycles. The van der Waals surface area contributed by atoms with Gasteiger partial charge in [-0.3, -0.25) is 4.79 Å². The van der Waals surface area contributed by atoms with Gasteiger partial charge in [-0.2, -0.15) is 0 Å². The van der Waals surface area contributed by atoms with Gasteiger partial charge in [-0.05, 0) is 18.1 Å². The maximum absolute atomic E-state index is 13.3. The number of carbonyl (C=O) groups is 1. The molecule has 18 heavy (non-hydrogen) atoms. The van der Waals surface area contributed by atoms with E-state index in [1.807, 2.05) is 0 Å². The molecular weight excluding hydrogens is 237 g/mol. The van der Waals surface area contributed by atoms with Crippen molar-refractivity contribution in [2.75, 3.05) is 20.3 Å². The average Bonchev–Trinajstić information content (AvgIpc) is 2.33. The van der Waals surface area contributed by atoms with Gasteiger partial charge in [0.25, 0.3) is 0 Å². The first kappa shape index (κ1) is 14.6. The molecule has 4 nitrogen and oxygen atoms in total. The van der Waals surface area contributed by atoms with Crippen LogP contribution in [0.3, 0.4) is 0 Å². The van der Waals surface area contributed by atoms with E-state index < -0.39 is 5.82 Å². The van der Waals surface area contributed by atoms with E-state index in [-0.39, 0.29) is 25.0 Å². The maximum atomic E-state index is 13.3. The zero-order valence-corrected chi connectivity index (χ0v) is 10.4. The number of nitrogens with one attached hydrogen (secondary N) is 1. The molecule has 0 saturated carbocycles. The molecule has 0 aromatic heterocycles. The standard InChI is InChI=1S/C13H18FNO3/c1-18-9-11(6-7-16)15-13(17)8-10-4-2-3-5-12(10)14/h2-5,11,16H,6-9H2,1H3,(H,15,17). The molecule has 1 aromatic rings. The Hall–Kier alpha value is -1.46. The van der Waals surface area contributed by atoms with Gasteiger partial charge in [-0.15, -0.1) is 0 Å². The van der Waals surface area contributed by atoms with Crippen molar-refractivity contribution >= 4 is 5.91 Å². The number of ether oxygens (including phenoxy) is 1. The second-order valence-corrected chi connectivity index (χ2v) is 4.00. The van der Waals surface area contributed by atoms with E-state index in [0.29, 0.717) is 18.6 Å². The Labute approximate surface area is 106 Å². The quantitative estimate of drug-likeness (QED) is 0.760. The molecule has 2 N–H and O–H groups in total. The molecule has 0 bridgehead atoms. The largest absolute Gasteiger partial charge is 0.396 e. The van der Waals surface area contributed by atoms with Crippen LogP contribution in [0.15, 0.2) is 24.3 Å². The van der Waals surface area contributed by atoms with E-state index >= 15 is 0 Å². The number of aliphatic hydroxyl groups excluding tert-OH is 1. The molecule has 0 radical (unpaired) electrons. The van der Waals surface area contributed by atoms with Crippen molar-refractivity contribution in [2.45, 2.75) is 18.9 Å². The Morgan fingerprint density at radius 1 is 1.50 bits per heavy atom. The number of carbonyl (C=O) groups excluding carboxylic acids is 1. The van der Waals surface area contributed by atoms with Crippen LogP contribution in [0.5, 0.6) is 0 Å². The zero-order valence-electron chi connectivity index (χ0n) is 10.4. The van der Waals surface area contributed by atoms with Crippen molar-refractivity contribution in [3.8, 4) is 0 Å². The molecule has 0 aliphatic heterocycles. The first-order valence-electron chi connectivity index (χ1n) is 5.80. The number of amides is 1. The minimum absolute atomic E-state index is 0.0156. The minimum atomic E-state index is -0.391. The summed E-state index contributed by atoms with van der Waals surface area (Å²) in [6.07, 6.45) is 0.398.